The Morgan fingerprint density at radius 3 is 2.40 bits per heavy atom. The van der Waals surface area contributed by atoms with E-state index in [-0.39, 0.29) is 18.3 Å². The van der Waals surface area contributed by atoms with Crippen LogP contribution < -0.4 is 0 Å². The number of hydrogen-bond donors (Lipinski definition) is 0. The van der Waals surface area contributed by atoms with Crippen molar-refractivity contribution in [3.05, 3.63) is 71.5 Å². The fourth-order valence-electron chi connectivity index (χ4n) is 1.92. The van der Waals surface area contributed by atoms with E-state index < -0.39 is 5.38 Å². The van der Waals surface area contributed by atoms with Crippen LogP contribution in [0.5, 0.6) is 0 Å². The van der Waals surface area contributed by atoms with Gasteiger partial charge in [-0.1, -0.05) is 48.5 Å². The van der Waals surface area contributed by atoms with Crippen LogP contribution in [0.4, 0.5) is 4.39 Å². The lowest BCUT2D eigenvalue weighted by Crippen LogP contribution is -2.29. The molecule has 0 saturated heterocycles. The average Bonchev–Trinajstić information content (AvgIpc) is 2.49. The second-order valence-corrected chi connectivity index (χ2v) is 5.00. The number of carbonyl (C=O) groups excluding carboxylic acids is 1. The SMILES string of the molecule is CN(Cc1ccccc1F)C(=O)C(Cl)c1ccccc1. The first-order chi connectivity index (χ1) is 9.59. The summed E-state index contributed by atoms with van der Waals surface area (Å²) in [6.07, 6.45) is 0. The molecule has 2 aromatic carbocycles. The maximum absolute atomic E-state index is 13.6. The Hall–Kier alpha value is -1.87. The van der Waals surface area contributed by atoms with Crippen molar-refractivity contribution in [2.24, 2.45) is 0 Å². The summed E-state index contributed by atoms with van der Waals surface area (Å²) >= 11 is 6.17. The van der Waals surface area contributed by atoms with Gasteiger partial charge >= 0.3 is 0 Å². The van der Waals surface area contributed by atoms with E-state index in [0.29, 0.717) is 5.56 Å². The third kappa shape index (κ3) is 3.36. The lowest BCUT2D eigenvalue weighted by Gasteiger charge is -2.20. The van der Waals surface area contributed by atoms with Crippen LogP contribution in [0.25, 0.3) is 0 Å². The minimum absolute atomic E-state index is 0.196. The minimum atomic E-state index is -0.757. The molecular weight excluding hydrogens is 277 g/mol. The van der Waals surface area contributed by atoms with Crippen molar-refractivity contribution >= 4 is 17.5 Å². The number of likely N-dealkylation sites (N-methyl/N-ethyl adjacent to an activating group) is 1. The van der Waals surface area contributed by atoms with Gasteiger partial charge in [0.15, 0.2) is 0 Å². The molecule has 1 amide bonds. The first-order valence-corrected chi connectivity index (χ1v) is 6.70. The molecule has 0 saturated carbocycles. The summed E-state index contributed by atoms with van der Waals surface area (Å²) in [5.41, 5.74) is 1.21. The van der Waals surface area contributed by atoms with Gasteiger partial charge in [-0.3, -0.25) is 4.79 Å². The maximum Gasteiger partial charge on any atom is 0.245 e. The number of amides is 1. The number of rotatable bonds is 4. The van der Waals surface area contributed by atoms with Gasteiger partial charge in [-0.2, -0.15) is 0 Å². The smallest absolute Gasteiger partial charge is 0.245 e. The monoisotopic (exact) mass is 291 g/mol. The quantitative estimate of drug-likeness (QED) is 0.785. The van der Waals surface area contributed by atoms with E-state index in [1.165, 1.54) is 11.0 Å². The van der Waals surface area contributed by atoms with Crippen molar-refractivity contribution in [3.8, 4) is 0 Å². The van der Waals surface area contributed by atoms with E-state index in [1.54, 1.807) is 37.4 Å². The van der Waals surface area contributed by atoms with E-state index in [4.69, 9.17) is 11.6 Å². The fraction of sp³-hybridized carbons (Fsp3) is 0.188. The molecule has 0 bridgehead atoms. The average molecular weight is 292 g/mol. The van der Waals surface area contributed by atoms with Crippen molar-refractivity contribution in [1.82, 2.24) is 4.90 Å². The third-order valence-corrected chi connectivity index (χ3v) is 3.49. The van der Waals surface area contributed by atoms with Crippen LogP contribution in [-0.4, -0.2) is 17.9 Å². The van der Waals surface area contributed by atoms with Gasteiger partial charge in [-0.05, 0) is 11.6 Å². The van der Waals surface area contributed by atoms with Gasteiger partial charge < -0.3 is 4.90 Å². The van der Waals surface area contributed by atoms with Crippen LogP contribution in [0.1, 0.15) is 16.5 Å². The van der Waals surface area contributed by atoms with Gasteiger partial charge in [-0.25, -0.2) is 4.39 Å². The molecule has 0 spiro atoms. The Morgan fingerprint density at radius 2 is 1.75 bits per heavy atom. The predicted molar refractivity (Wildman–Crippen MR) is 77.9 cm³/mol. The largest absolute Gasteiger partial charge is 0.340 e. The number of benzene rings is 2. The van der Waals surface area contributed by atoms with Crippen LogP contribution in [0, 0.1) is 5.82 Å². The first kappa shape index (κ1) is 14.5. The molecule has 0 aromatic heterocycles. The van der Waals surface area contributed by atoms with Crippen molar-refractivity contribution < 1.29 is 9.18 Å². The highest BCUT2D eigenvalue weighted by atomic mass is 35.5. The third-order valence-electron chi connectivity index (χ3n) is 3.05. The summed E-state index contributed by atoms with van der Waals surface area (Å²) in [5.74, 6) is -0.570. The van der Waals surface area contributed by atoms with E-state index in [1.807, 2.05) is 18.2 Å². The summed E-state index contributed by atoms with van der Waals surface area (Å²) < 4.78 is 13.6. The van der Waals surface area contributed by atoms with E-state index in [2.05, 4.69) is 0 Å². The van der Waals surface area contributed by atoms with Crippen molar-refractivity contribution in [3.63, 3.8) is 0 Å². The molecule has 4 heteroatoms. The predicted octanol–water partition coefficient (Wildman–Crippen LogP) is 3.76. The molecule has 0 aliphatic carbocycles. The van der Waals surface area contributed by atoms with E-state index in [9.17, 15) is 9.18 Å². The van der Waals surface area contributed by atoms with Gasteiger partial charge in [-0.15, -0.1) is 11.6 Å². The molecule has 1 atom stereocenters. The topological polar surface area (TPSA) is 20.3 Å². The molecule has 1 unspecified atom stereocenters. The Bertz CT molecular complexity index is 588. The van der Waals surface area contributed by atoms with E-state index >= 15 is 0 Å². The number of halogens is 2. The Morgan fingerprint density at radius 1 is 1.15 bits per heavy atom. The molecule has 20 heavy (non-hydrogen) atoms. The van der Waals surface area contributed by atoms with Crippen molar-refractivity contribution in [2.75, 3.05) is 7.05 Å². The summed E-state index contributed by atoms with van der Waals surface area (Å²) in [6, 6.07) is 15.5. The molecule has 0 aliphatic heterocycles. The van der Waals surface area contributed by atoms with Gasteiger partial charge in [0, 0.05) is 19.2 Å². The zero-order chi connectivity index (χ0) is 14.5. The molecule has 0 heterocycles. The molecule has 0 aliphatic rings. The molecule has 0 radical (unpaired) electrons. The second-order valence-electron chi connectivity index (χ2n) is 4.56. The summed E-state index contributed by atoms with van der Waals surface area (Å²) in [7, 11) is 1.62. The lowest BCUT2D eigenvalue weighted by atomic mass is 10.1. The normalized spacial score (nSPS) is 11.9. The minimum Gasteiger partial charge on any atom is -0.340 e. The molecule has 2 nitrogen and oxygen atoms in total. The Balaban J connectivity index is 2.08. The van der Waals surface area contributed by atoms with Crippen molar-refractivity contribution in [2.45, 2.75) is 11.9 Å². The summed E-state index contributed by atoms with van der Waals surface area (Å²) in [6.45, 7) is 0.196. The lowest BCUT2D eigenvalue weighted by molar-refractivity contribution is -0.130. The highest BCUT2D eigenvalue weighted by Crippen LogP contribution is 2.23. The molecule has 2 rings (SSSR count). The number of alkyl halides is 1. The zero-order valence-corrected chi connectivity index (χ0v) is 11.8. The van der Waals surface area contributed by atoms with Crippen LogP contribution >= 0.6 is 11.6 Å². The second kappa shape index (κ2) is 6.53. The Kier molecular flexibility index (Phi) is 4.74. The highest BCUT2D eigenvalue weighted by Gasteiger charge is 2.21. The fourth-order valence-corrected chi connectivity index (χ4v) is 2.23. The molecular formula is C16H15ClFNO. The number of carbonyl (C=O) groups is 1. The zero-order valence-electron chi connectivity index (χ0n) is 11.1. The summed E-state index contributed by atoms with van der Waals surface area (Å²) in [5, 5.41) is -0.757. The molecule has 2 aromatic rings. The number of hydrogen-bond acceptors (Lipinski definition) is 1. The molecule has 104 valence electrons. The van der Waals surface area contributed by atoms with Crippen molar-refractivity contribution in [1.29, 1.82) is 0 Å². The van der Waals surface area contributed by atoms with Gasteiger partial charge in [0.05, 0.1) is 0 Å². The van der Waals surface area contributed by atoms with Crippen LogP contribution in [0.3, 0.4) is 0 Å². The maximum atomic E-state index is 13.6. The number of nitrogens with zero attached hydrogens (tertiary/aromatic N) is 1. The Labute approximate surface area is 122 Å². The van der Waals surface area contributed by atoms with Gasteiger partial charge in [0.25, 0.3) is 0 Å². The van der Waals surface area contributed by atoms with Crippen LogP contribution in [0.2, 0.25) is 0 Å². The van der Waals surface area contributed by atoms with Crippen LogP contribution in [0.15, 0.2) is 54.6 Å². The van der Waals surface area contributed by atoms with Crippen LogP contribution in [-0.2, 0) is 11.3 Å². The molecule has 0 fully saturated rings. The standard InChI is InChI=1S/C16H15ClFNO/c1-19(11-13-9-5-6-10-14(13)18)16(20)15(17)12-7-3-2-4-8-12/h2-10,15H,11H2,1H3. The molecule has 0 N–H and O–H groups in total. The summed E-state index contributed by atoms with van der Waals surface area (Å²) in [4.78, 5) is 13.7. The van der Waals surface area contributed by atoms with Gasteiger partial charge in [0.1, 0.15) is 11.2 Å². The van der Waals surface area contributed by atoms with E-state index in [0.717, 1.165) is 5.56 Å². The van der Waals surface area contributed by atoms with Gasteiger partial charge in [0.2, 0.25) is 5.91 Å². The first-order valence-electron chi connectivity index (χ1n) is 6.27. The highest BCUT2D eigenvalue weighted by molar-refractivity contribution is 6.30.